The maximum Gasteiger partial charge on any atom is 0.135 e. The van der Waals surface area contributed by atoms with Crippen LogP contribution in [-0.4, -0.2) is 9.55 Å². The molecule has 0 aromatic carbocycles. The predicted molar refractivity (Wildman–Crippen MR) is 96.3 cm³/mol. The van der Waals surface area contributed by atoms with Crippen LogP contribution in [0.15, 0.2) is 47.9 Å². The summed E-state index contributed by atoms with van der Waals surface area (Å²) in [5.41, 5.74) is 12.9. The van der Waals surface area contributed by atoms with Gasteiger partial charge in [0.15, 0.2) is 0 Å². The normalized spacial score (nSPS) is 12.6. The number of aryl methyl sites for hydroxylation is 3. The lowest BCUT2D eigenvalue weighted by molar-refractivity contribution is 0.825. The summed E-state index contributed by atoms with van der Waals surface area (Å²) in [7, 11) is 1.95. The Bertz CT molecular complexity index is 854. The molecule has 2 aromatic rings. The molecule has 2 rings (SSSR count). The third-order valence-corrected chi connectivity index (χ3v) is 3.84. The van der Waals surface area contributed by atoms with Gasteiger partial charge in [0.2, 0.25) is 0 Å². The lowest BCUT2D eigenvalue weighted by Crippen LogP contribution is -2.18. The van der Waals surface area contributed by atoms with Crippen molar-refractivity contribution < 1.29 is 0 Å². The molecule has 0 aliphatic carbocycles. The second-order valence-corrected chi connectivity index (χ2v) is 5.74. The number of nitrogens with two attached hydrogens (primary N) is 1. The van der Waals surface area contributed by atoms with E-state index in [0.29, 0.717) is 5.82 Å². The minimum absolute atomic E-state index is 0.499. The summed E-state index contributed by atoms with van der Waals surface area (Å²) in [4.78, 5) is 9.10. The van der Waals surface area contributed by atoms with Gasteiger partial charge in [-0.05, 0) is 68.7 Å². The molecule has 120 valence electrons. The Morgan fingerprint density at radius 2 is 2.00 bits per heavy atom. The van der Waals surface area contributed by atoms with E-state index in [4.69, 9.17) is 5.73 Å². The largest absolute Gasteiger partial charge is 0.384 e. The lowest BCUT2D eigenvalue weighted by Gasteiger charge is -2.12. The maximum atomic E-state index is 5.83. The van der Waals surface area contributed by atoms with Gasteiger partial charge in [-0.2, -0.15) is 0 Å². The van der Waals surface area contributed by atoms with Crippen molar-refractivity contribution in [2.75, 3.05) is 0 Å². The first-order valence-electron chi connectivity index (χ1n) is 7.61. The van der Waals surface area contributed by atoms with Crippen LogP contribution in [0, 0.1) is 13.8 Å². The van der Waals surface area contributed by atoms with E-state index < -0.39 is 0 Å². The van der Waals surface area contributed by atoms with E-state index in [1.165, 1.54) is 0 Å². The summed E-state index contributed by atoms with van der Waals surface area (Å²) >= 11 is 0. The molecule has 0 fully saturated rings. The molecule has 0 aliphatic rings. The quantitative estimate of drug-likeness (QED) is 0.944. The van der Waals surface area contributed by atoms with Crippen LogP contribution in [0.1, 0.15) is 30.8 Å². The Morgan fingerprint density at radius 3 is 2.61 bits per heavy atom. The molecule has 2 heterocycles. The average Bonchev–Trinajstić information content (AvgIpc) is 2.49. The highest BCUT2D eigenvalue weighted by atomic mass is 15.0. The third kappa shape index (κ3) is 3.59. The Kier molecular flexibility index (Phi) is 4.84. The van der Waals surface area contributed by atoms with E-state index in [9.17, 15) is 0 Å². The molecule has 0 bridgehead atoms. The number of nitrogens with zero attached hydrogens (tertiary/aromatic N) is 3. The summed E-state index contributed by atoms with van der Waals surface area (Å²) in [6, 6.07) is 6.24. The fraction of sp³-hybridized carbons (Fsp3) is 0.263. The molecule has 4 heteroatoms. The summed E-state index contributed by atoms with van der Waals surface area (Å²) in [5.74, 6) is 0.499. The molecule has 0 saturated carbocycles. The first-order valence-corrected chi connectivity index (χ1v) is 7.61. The van der Waals surface area contributed by atoms with E-state index in [1.54, 1.807) is 6.08 Å². The summed E-state index contributed by atoms with van der Waals surface area (Å²) in [5, 5.41) is 0. The standard InChI is InChI=1S/C19H24N4/c1-7-18(20)22-19-10-15(8-9-23(19)6)17-11-16(12(2)3)13(4)21-14(17)5/h7-11H,2,20H2,1,3-6H3/b18-7?,22-19-. The Balaban J connectivity index is 2.69. The van der Waals surface area contributed by atoms with Gasteiger partial charge in [-0.3, -0.25) is 4.98 Å². The van der Waals surface area contributed by atoms with Crippen molar-refractivity contribution in [2.24, 2.45) is 17.8 Å². The summed E-state index contributed by atoms with van der Waals surface area (Å²) < 4.78 is 1.94. The Labute approximate surface area is 137 Å². The number of pyridine rings is 2. The highest BCUT2D eigenvalue weighted by Gasteiger charge is 2.09. The molecular formula is C19H24N4. The molecule has 23 heavy (non-hydrogen) atoms. The van der Waals surface area contributed by atoms with Crippen molar-refractivity contribution in [3.63, 3.8) is 0 Å². The van der Waals surface area contributed by atoms with E-state index in [-0.39, 0.29) is 0 Å². The lowest BCUT2D eigenvalue weighted by atomic mass is 9.99. The van der Waals surface area contributed by atoms with Crippen molar-refractivity contribution in [2.45, 2.75) is 27.7 Å². The Hall–Kier alpha value is -2.62. The van der Waals surface area contributed by atoms with Crippen molar-refractivity contribution in [3.8, 4) is 11.1 Å². The van der Waals surface area contributed by atoms with Gasteiger partial charge in [-0.25, -0.2) is 4.99 Å². The number of aromatic nitrogens is 2. The molecule has 0 unspecified atom stereocenters. The summed E-state index contributed by atoms with van der Waals surface area (Å²) in [6.45, 7) is 12.0. The van der Waals surface area contributed by atoms with Crippen LogP contribution in [0.3, 0.4) is 0 Å². The topological polar surface area (TPSA) is 56.2 Å². The minimum atomic E-state index is 0.499. The second-order valence-electron chi connectivity index (χ2n) is 5.74. The van der Waals surface area contributed by atoms with Gasteiger partial charge in [0, 0.05) is 30.2 Å². The zero-order chi connectivity index (χ0) is 17.1. The number of rotatable bonds is 3. The third-order valence-electron chi connectivity index (χ3n) is 3.84. The first-order chi connectivity index (χ1) is 10.8. The van der Waals surface area contributed by atoms with Crippen LogP contribution in [0.5, 0.6) is 0 Å². The summed E-state index contributed by atoms with van der Waals surface area (Å²) in [6.07, 6.45) is 3.77. The van der Waals surface area contributed by atoms with Crippen LogP contribution >= 0.6 is 0 Å². The highest BCUT2D eigenvalue weighted by molar-refractivity contribution is 5.73. The fourth-order valence-corrected chi connectivity index (χ4v) is 2.48. The van der Waals surface area contributed by atoms with Crippen LogP contribution in [0.25, 0.3) is 16.7 Å². The molecule has 0 saturated heterocycles. The van der Waals surface area contributed by atoms with Crippen LogP contribution < -0.4 is 11.2 Å². The molecule has 0 radical (unpaired) electrons. The molecule has 0 spiro atoms. The molecule has 0 amide bonds. The molecule has 2 aromatic heterocycles. The SMILES string of the molecule is C=C(C)c1cc(-c2ccn(C)/c(=N\C(N)=CC)c2)c(C)nc1C. The zero-order valence-electron chi connectivity index (χ0n) is 14.5. The van der Waals surface area contributed by atoms with E-state index in [2.05, 4.69) is 28.7 Å². The van der Waals surface area contributed by atoms with Gasteiger partial charge in [-0.1, -0.05) is 6.58 Å². The minimum Gasteiger partial charge on any atom is -0.384 e. The van der Waals surface area contributed by atoms with Gasteiger partial charge >= 0.3 is 0 Å². The highest BCUT2D eigenvalue weighted by Crippen LogP contribution is 2.26. The fourth-order valence-electron chi connectivity index (χ4n) is 2.48. The van der Waals surface area contributed by atoms with Gasteiger partial charge in [-0.15, -0.1) is 0 Å². The van der Waals surface area contributed by atoms with Crippen LogP contribution in [0.2, 0.25) is 0 Å². The van der Waals surface area contributed by atoms with Crippen molar-refractivity contribution in [1.82, 2.24) is 9.55 Å². The van der Waals surface area contributed by atoms with Gasteiger partial charge in [0.05, 0.1) is 0 Å². The van der Waals surface area contributed by atoms with E-state index in [1.807, 2.05) is 51.6 Å². The second kappa shape index (κ2) is 6.65. The maximum absolute atomic E-state index is 5.83. The van der Waals surface area contributed by atoms with Gasteiger partial charge < -0.3 is 10.3 Å². The van der Waals surface area contributed by atoms with Crippen molar-refractivity contribution in [1.29, 1.82) is 0 Å². The Morgan fingerprint density at radius 1 is 1.30 bits per heavy atom. The van der Waals surface area contributed by atoms with Crippen molar-refractivity contribution >= 4 is 5.57 Å². The molecule has 2 N–H and O–H groups in total. The molecule has 0 aliphatic heterocycles. The number of hydrogen-bond donors (Lipinski definition) is 1. The molecule has 4 nitrogen and oxygen atoms in total. The number of hydrogen-bond acceptors (Lipinski definition) is 3. The zero-order valence-corrected chi connectivity index (χ0v) is 14.5. The predicted octanol–water partition coefficient (Wildman–Crippen LogP) is 3.46. The van der Waals surface area contributed by atoms with E-state index in [0.717, 1.165) is 39.1 Å². The van der Waals surface area contributed by atoms with E-state index >= 15 is 0 Å². The van der Waals surface area contributed by atoms with Crippen LogP contribution in [-0.2, 0) is 7.05 Å². The number of allylic oxidation sites excluding steroid dienone is 2. The molecular weight excluding hydrogens is 284 g/mol. The first kappa shape index (κ1) is 16.7. The molecule has 0 atom stereocenters. The van der Waals surface area contributed by atoms with Gasteiger partial charge in [0.1, 0.15) is 11.3 Å². The van der Waals surface area contributed by atoms with Crippen molar-refractivity contribution in [3.05, 3.63) is 65.3 Å². The average molecular weight is 308 g/mol. The van der Waals surface area contributed by atoms with Gasteiger partial charge in [0.25, 0.3) is 0 Å². The smallest absolute Gasteiger partial charge is 0.135 e. The van der Waals surface area contributed by atoms with Crippen LogP contribution in [0.4, 0.5) is 0 Å². The monoisotopic (exact) mass is 308 g/mol.